The van der Waals surface area contributed by atoms with Crippen molar-refractivity contribution in [1.82, 2.24) is 24.2 Å². The van der Waals surface area contributed by atoms with Gasteiger partial charge in [0, 0.05) is 20.1 Å². The van der Waals surface area contributed by atoms with E-state index in [1.165, 1.54) is 4.70 Å². The molecule has 0 bridgehead atoms. The lowest BCUT2D eigenvalue weighted by atomic mass is 10.3. The Morgan fingerprint density at radius 2 is 2.08 bits per heavy atom. The second-order valence-corrected chi connectivity index (χ2v) is 8.48. The van der Waals surface area contributed by atoms with Crippen LogP contribution in [0.25, 0.3) is 10.2 Å². The number of ether oxygens (including phenoxy) is 1. The Kier molecular flexibility index (Phi) is 5.18. The van der Waals surface area contributed by atoms with Crippen molar-refractivity contribution in [3.8, 4) is 0 Å². The first-order chi connectivity index (χ1) is 12.2. The lowest BCUT2D eigenvalue weighted by molar-refractivity contribution is 0.0209. The van der Waals surface area contributed by atoms with Crippen LogP contribution in [0.4, 0.5) is 0 Å². The highest BCUT2D eigenvalue weighted by atomic mass is 32.2. The third-order valence-electron chi connectivity index (χ3n) is 4.17. The van der Waals surface area contributed by atoms with Gasteiger partial charge in [0.25, 0.3) is 0 Å². The molecule has 0 N–H and O–H groups in total. The number of morpholine rings is 1. The largest absolute Gasteiger partial charge is 0.379 e. The highest BCUT2D eigenvalue weighted by Crippen LogP contribution is 2.31. The van der Waals surface area contributed by atoms with Crippen LogP contribution in [0.2, 0.25) is 0 Å². The van der Waals surface area contributed by atoms with Crippen LogP contribution in [0.15, 0.2) is 28.6 Å². The van der Waals surface area contributed by atoms with Crippen LogP contribution in [-0.4, -0.2) is 50.5 Å². The summed E-state index contributed by atoms with van der Waals surface area (Å²) >= 11 is 8.98. The van der Waals surface area contributed by atoms with E-state index >= 15 is 0 Å². The number of para-hydroxylation sites is 1. The van der Waals surface area contributed by atoms with Gasteiger partial charge in [-0.05, 0) is 24.4 Å². The van der Waals surface area contributed by atoms with Gasteiger partial charge in [0.1, 0.15) is 5.82 Å². The zero-order chi connectivity index (χ0) is 17.2. The number of hydrogen-bond acceptors (Lipinski definition) is 7. The number of benzene rings is 1. The summed E-state index contributed by atoms with van der Waals surface area (Å²) in [6.45, 7) is 4.13. The summed E-state index contributed by atoms with van der Waals surface area (Å²) in [5, 5.41) is 4.72. The molecule has 132 valence electrons. The summed E-state index contributed by atoms with van der Waals surface area (Å²) in [5.74, 6) is 1.73. The topological polar surface area (TPSA) is 48.1 Å². The summed E-state index contributed by atoms with van der Waals surface area (Å²) in [6, 6.07) is 8.22. The van der Waals surface area contributed by atoms with E-state index < -0.39 is 0 Å². The van der Waals surface area contributed by atoms with Gasteiger partial charge in [-0.3, -0.25) is 4.90 Å². The molecule has 1 aliphatic rings. The molecule has 6 nitrogen and oxygen atoms in total. The lowest BCUT2D eigenvalue weighted by Crippen LogP contribution is -2.37. The van der Waals surface area contributed by atoms with Crippen molar-refractivity contribution in [3.05, 3.63) is 34.9 Å². The number of nitrogens with zero attached hydrogens (tertiary/aromatic N) is 5. The Bertz CT molecular complexity index is 892. The second kappa shape index (κ2) is 7.55. The molecule has 0 saturated carbocycles. The highest BCUT2D eigenvalue weighted by Gasteiger charge is 2.15. The lowest BCUT2D eigenvalue weighted by Gasteiger charge is -2.26. The van der Waals surface area contributed by atoms with Crippen molar-refractivity contribution in [2.75, 3.05) is 26.3 Å². The maximum Gasteiger partial charge on any atom is 0.198 e. The maximum absolute atomic E-state index is 5.55. The third-order valence-corrected chi connectivity index (χ3v) is 6.83. The van der Waals surface area contributed by atoms with Gasteiger partial charge in [0.05, 0.1) is 35.9 Å². The molecule has 25 heavy (non-hydrogen) atoms. The number of hydrogen-bond donors (Lipinski definition) is 0. The predicted octanol–water partition coefficient (Wildman–Crippen LogP) is 3.14. The number of thiazole rings is 1. The summed E-state index contributed by atoms with van der Waals surface area (Å²) in [7, 11) is 1.99. The summed E-state index contributed by atoms with van der Waals surface area (Å²) in [6.07, 6.45) is 0. The van der Waals surface area contributed by atoms with E-state index in [9.17, 15) is 0 Å². The quantitative estimate of drug-likeness (QED) is 0.490. The molecule has 2 aromatic heterocycles. The molecule has 0 spiro atoms. The second-order valence-electron chi connectivity index (χ2n) is 5.87. The summed E-state index contributed by atoms with van der Waals surface area (Å²) in [5.41, 5.74) is 1.06. The first-order valence-electron chi connectivity index (χ1n) is 8.12. The molecule has 3 aromatic rings. The average Bonchev–Trinajstić information content (AvgIpc) is 3.17. The Morgan fingerprint density at radius 1 is 1.28 bits per heavy atom. The predicted molar refractivity (Wildman–Crippen MR) is 104 cm³/mol. The summed E-state index contributed by atoms with van der Waals surface area (Å²) in [4.78, 5) is 6.99. The van der Waals surface area contributed by atoms with Gasteiger partial charge in [0.2, 0.25) is 0 Å². The minimum absolute atomic E-state index is 0.724. The highest BCUT2D eigenvalue weighted by molar-refractivity contribution is 8.00. The SMILES string of the molecule is Cn1c(CSc2nc3ccccc3s2)nn(CN2CCOCC2)c1=S. The standard InChI is InChI=1S/C16H19N5OS3/c1-19-14(10-24-15-17-12-4-2-3-5-13(12)25-15)18-21(16(19)23)11-20-6-8-22-9-7-20/h2-5H,6-11H2,1H3. The van der Waals surface area contributed by atoms with E-state index in [2.05, 4.69) is 16.0 Å². The molecule has 9 heteroatoms. The van der Waals surface area contributed by atoms with Crippen LogP contribution >= 0.6 is 35.3 Å². The van der Waals surface area contributed by atoms with E-state index in [1.54, 1.807) is 23.1 Å². The van der Waals surface area contributed by atoms with Crippen molar-refractivity contribution < 1.29 is 4.74 Å². The van der Waals surface area contributed by atoms with Crippen molar-refractivity contribution >= 4 is 45.5 Å². The number of fused-ring (bicyclic) bond motifs is 1. The van der Waals surface area contributed by atoms with Gasteiger partial charge in [0.15, 0.2) is 9.11 Å². The first kappa shape index (κ1) is 17.2. The number of aromatic nitrogens is 4. The maximum atomic E-state index is 5.55. The van der Waals surface area contributed by atoms with Gasteiger partial charge in [-0.25, -0.2) is 9.67 Å². The normalized spacial score (nSPS) is 15.9. The van der Waals surface area contributed by atoms with E-state index in [0.29, 0.717) is 0 Å². The monoisotopic (exact) mass is 393 g/mol. The van der Waals surface area contributed by atoms with Crippen molar-refractivity contribution in [3.63, 3.8) is 0 Å². The van der Waals surface area contributed by atoms with Gasteiger partial charge >= 0.3 is 0 Å². The van der Waals surface area contributed by atoms with Gasteiger partial charge in [-0.15, -0.1) is 11.3 Å². The van der Waals surface area contributed by atoms with E-state index in [-0.39, 0.29) is 0 Å². The first-order valence-corrected chi connectivity index (χ1v) is 10.3. The molecule has 0 unspecified atom stereocenters. The van der Waals surface area contributed by atoms with Gasteiger partial charge < -0.3 is 9.30 Å². The number of thioether (sulfide) groups is 1. The van der Waals surface area contributed by atoms with Crippen LogP contribution < -0.4 is 0 Å². The van der Waals surface area contributed by atoms with Gasteiger partial charge in [-0.2, -0.15) is 5.10 Å². The fourth-order valence-electron chi connectivity index (χ4n) is 2.72. The minimum atomic E-state index is 0.724. The number of rotatable bonds is 5. The molecule has 1 aromatic carbocycles. The minimum Gasteiger partial charge on any atom is -0.379 e. The van der Waals surface area contributed by atoms with Crippen LogP contribution in [0.3, 0.4) is 0 Å². The molecule has 1 saturated heterocycles. The van der Waals surface area contributed by atoms with Crippen molar-refractivity contribution in [1.29, 1.82) is 0 Å². The smallest absolute Gasteiger partial charge is 0.198 e. The Hall–Kier alpha value is -1.26. The van der Waals surface area contributed by atoms with Gasteiger partial charge in [-0.1, -0.05) is 23.9 Å². The van der Waals surface area contributed by atoms with Crippen LogP contribution in [0.1, 0.15) is 5.82 Å². The Morgan fingerprint density at radius 3 is 2.88 bits per heavy atom. The fraction of sp³-hybridized carbons (Fsp3) is 0.438. The zero-order valence-corrected chi connectivity index (χ0v) is 16.4. The van der Waals surface area contributed by atoms with E-state index in [0.717, 1.165) is 59.2 Å². The molecular formula is C16H19N5OS3. The molecule has 4 rings (SSSR count). The average molecular weight is 394 g/mol. The van der Waals surface area contributed by atoms with Crippen molar-refractivity contribution in [2.45, 2.75) is 16.8 Å². The Balaban J connectivity index is 1.46. The molecule has 1 aliphatic heterocycles. The van der Waals surface area contributed by atoms with Crippen LogP contribution in [0.5, 0.6) is 0 Å². The van der Waals surface area contributed by atoms with E-state index in [1.807, 2.05) is 34.5 Å². The molecule has 0 atom stereocenters. The molecular weight excluding hydrogens is 374 g/mol. The molecule has 0 amide bonds. The third kappa shape index (κ3) is 3.80. The molecule has 1 fully saturated rings. The summed E-state index contributed by atoms with van der Waals surface area (Å²) < 4.78 is 12.3. The van der Waals surface area contributed by atoms with Crippen LogP contribution in [0, 0.1) is 4.77 Å². The molecule has 3 heterocycles. The van der Waals surface area contributed by atoms with Crippen molar-refractivity contribution in [2.24, 2.45) is 7.05 Å². The Labute approximate surface area is 159 Å². The van der Waals surface area contributed by atoms with Crippen LogP contribution in [-0.2, 0) is 24.2 Å². The zero-order valence-electron chi connectivity index (χ0n) is 13.9. The molecule has 0 radical (unpaired) electrons. The fourth-order valence-corrected chi connectivity index (χ4v) is 4.97. The van der Waals surface area contributed by atoms with E-state index in [4.69, 9.17) is 22.1 Å². The molecule has 0 aliphatic carbocycles.